The number of nitrogens with one attached hydrogen (secondary N) is 2. The third-order valence-corrected chi connectivity index (χ3v) is 3.56. The normalized spacial score (nSPS) is 25.1. The van der Waals surface area contributed by atoms with E-state index in [0.29, 0.717) is 25.9 Å². The third kappa shape index (κ3) is 4.40. The van der Waals surface area contributed by atoms with E-state index in [1.165, 1.54) is 4.90 Å². The number of carbonyl (C=O) groups is 3. The summed E-state index contributed by atoms with van der Waals surface area (Å²) in [5, 5.41) is 14.4. The van der Waals surface area contributed by atoms with Gasteiger partial charge in [0.2, 0.25) is 5.91 Å². The summed E-state index contributed by atoms with van der Waals surface area (Å²) >= 11 is 0. The molecule has 7 nitrogen and oxygen atoms in total. The highest BCUT2D eigenvalue weighted by Crippen LogP contribution is 2.36. The van der Waals surface area contributed by atoms with Crippen LogP contribution in [-0.2, 0) is 9.59 Å². The number of nitrogens with zero attached hydrogens (tertiary/aromatic N) is 1. The van der Waals surface area contributed by atoms with Gasteiger partial charge in [-0.2, -0.15) is 0 Å². The standard InChI is InChI=1S/C13H23N3O4/c1-8-6-9(10(7-8)12(18)19)11(17)14-4-5-15-13(20)16(2)3/h8-10H,4-7H2,1-3H3,(H,14,17)(H,15,20)(H,18,19). The molecule has 3 amide bonds. The van der Waals surface area contributed by atoms with Crippen molar-refractivity contribution >= 4 is 17.9 Å². The van der Waals surface area contributed by atoms with Gasteiger partial charge in [0.25, 0.3) is 0 Å². The van der Waals surface area contributed by atoms with Crippen LogP contribution in [0, 0.1) is 17.8 Å². The highest BCUT2D eigenvalue weighted by atomic mass is 16.4. The predicted octanol–water partition coefficient (Wildman–Crippen LogP) is 0.121. The third-order valence-electron chi connectivity index (χ3n) is 3.56. The van der Waals surface area contributed by atoms with E-state index in [1.54, 1.807) is 14.1 Å². The Morgan fingerprint density at radius 2 is 1.65 bits per heavy atom. The van der Waals surface area contributed by atoms with Crippen LogP contribution in [0.1, 0.15) is 19.8 Å². The van der Waals surface area contributed by atoms with E-state index in [2.05, 4.69) is 10.6 Å². The molecule has 0 bridgehead atoms. The molecule has 1 aliphatic rings. The second-order valence-corrected chi connectivity index (χ2v) is 5.55. The van der Waals surface area contributed by atoms with Crippen LogP contribution < -0.4 is 10.6 Å². The first-order valence-corrected chi connectivity index (χ1v) is 6.78. The van der Waals surface area contributed by atoms with Gasteiger partial charge in [-0.1, -0.05) is 6.92 Å². The van der Waals surface area contributed by atoms with Crippen molar-refractivity contribution in [1.29, 1.82) is 0 Å². The topological polar surface area (TPSA) is 98.7 Å². The highest BCUT2D eigenvalue weighted by molar-refractivity contribution is 5.85. The summed E-state index contributed by atoms with van der Waals surface area (Å²) in [5.74, 6) is -1.95. The molecule has 1 aliphatic carbocycles. The molecule has 0 aromatic carbocycles. The Balaban J connectivity index is 2.35. The Hall–Kier alpha value is -1.79. The summed E-state index contributed by atoms with van der Waals surface area (Å²) in [5.41, 5.74) is 0. The van der Waals surface area contributed by atoms with Gasteiger partial charge in [-0.25, -0.2) is 4.79 Å². The van der Waals surface area contributed by atoms with E-state index in [0.717, 1.165) is 0 Å². The molecule has 7 heteroatoms. The van der Waals surface area contributed by atoms with Gasteiger partial charge in [0, 0.05) is 27.2 Å². The number of hydrogen-bond donors (Lipinski definition) is 3. The molecular weight excluding hydrogens is 262 g/mol. The van der Waals surface area contributed by atoms with Crippen molar-refractivity contribution in [2.24, 2.45) is 17.8 Å². The molecule has 0 heterocycles. The number of carboxylic acid groups (broad SMARTS) is 1. The number of urea groups is 1. The van der Waals surface area contributed by atoms with E-state index < -0.39 is 17.8 Å². The molecule has 0 saturated heterocycles. The largest absolute Gasteiger partial charge is 0.481 e. The number of amides is 3. The fourth-order valence-corrected chi connectivity index (χ4v) is 2.50. The SMILES string of the molecule is CC1CC(C(=O)O)C(C(=O)NCCNC(=O)N(C)C)C1. The van der Waals surface area contributed by atoms with Gasteiger partial charge >= 0.3 is 12.0 Å². The lowest BCUT2D eigenvalue weighted by molar-refractivity contribution is -0.146. The summed E-state index contributed by atoms with van der Waals surface area (Å²) < 4.78 is 0. The molecular formula is C13H23N3O4. The number of carboxylic acids is 1. The maximum atomic E-state index is 12.0. The zero-order valence-electron chi connectivity index (χ0n) is 12.2. The molecule has 0 aromatic heterocycles. The van der Waals surface area contributed by atoms with E-state index in [-0.39, 0.29) is 17.9 Å². The average molecular weight is 285 g/mol. The van der Waals surface area contributed by atoms with Crippen molar-refractivity contribution in [1.82, 2.24) is 15.5 Å². The number of rotatable bonds is 5. The monoisotopic (exact) mass is 285 g/mol. The molecule has 3 unspecified atom stereocenters. The fourth-order valence-electron chi connectivity index (χ4n) is 2.50. The van der Waals surface area contributed by atoms with Gasteiger partial charge in [-0.3, -0.25) is 9.59 Å². The molecule has 0 aliphatic heterocycles. The maximum absolute atomic E-state index is 12.0. The lowest BCUT2D eigenvalue weighted by atomic mass is 9.95. The molecule has 0 radical (unpaired) electrons. The zero-order valence-corrected chi connectivity index (χ0v) is 12.2. The second kappa shape index (κ2) is 7.12. The summed E-state index contributed by atoms with van der Waals surface area (Å²) in [6.07, 6.45) is 1.15. The Labute approximate surface area is 118 Å². The lowest BCUT2D eigenvalue weighted by Crippen LogP contribution is -2.42. The smallest absolute Gasteiger partial charge is 0.316 e. The number of aliphatic carboxylic acids is 1. The molecule has 0 aromatic rings. The van der Waals surface area contributed by atoms with Gasteiger partial charge in [-0.05, 0) is 18.8 Å². The van der Waals surface area contributed by atoms with Crippen molar-refractivity contribution in [3.05, 3.63) is 0 Å². The Bertz CT molecular complexity index is 384. The Kier molecular flexibility index (Phi) is 5.79. The number of carbonyl (C=O) groups excluding carboxylic acids is 2. The molecule has 1 rings (SSSR count). The van der Waals surface area contributed by atoms with Crippen LogP contribution in [-0.4, -0.2) is 55.1 Å². The van der Waals surface area contributed by atoms with E-state index in [4.69, 9.17) is 5.11 Å². The van der Waals surface area contributed by atoms with Crippen molar-refractivity contribution in [2.75, 3.05) is 27.2 Å². The summed E-state index contributed by atoms with van der Waals surface area (Å²) in [6.45, 7) is 2.58. The van der Waals surface area contributed by atoms with E-state index >= 15 is 0 Å². The lowest BCUT2D eigenvalue weighted by Gasteiger charge is -2.16. The van der Waals surface area contributed by atoms with Crippen molar-refractivity contribution in [2.45, 2.75) is 19.8 Å². The minimum absolute atomic E-state index is 0.225. The van der Waals surface area contributed by atoms with Crippen LogP contribution >= 0.6 is 0 Å². The van der Waals surface area contributed by atoms with Crippen molar-refractivity contribution < 1.29 is 19.5 Å². The van der Waals surface area contributed by atoms with Crippen LogP contribution in [0.2, 0.25) is 0 Å². The van der Waals surface area contributed by atoms with Crippen LogP contribution in [0.4, 0.5) is 4.79 Å². The first-order valence-electron chi connectivity index (χ1n) is 6.78. The molecule has 114 valence electrons. The first kappa shape index (κ1) is 16.3. The summed E-state index contributed by atoms with van der Waals surface area (Å²) in [6, 6.07) is -0.225. The molecule has 20 heavy (non-hydrogen) atoms. The maximum Gasteiger partial charge on any atom is 0.316 e. The van der Waals surface area contributed by atoms with Gasteiger partial charge in [0.05, 0.1) is 11.8 Å². The zero-order chi connectivity index (χ0) is 15.3. The quantitative estimate of drug-likeness (QED) is 0.625. The summed E-state index contributed by atoms with van der Waals surface area (Å²) in [4.78, 5) is 35.8. The molecule has 1 fully saturated rings. The molecule has 3 atom stereocenters. The minimum atomic E-state index is -0.907. The van der Waals surface area contributed by atoms with Gasteiger partial charge < -0.3 is 20.6 Å². The van der Waals surface area contributed by atoms with E-state index in [1.807, 2.05) is 6.92 Å². The highest BCUT2D eigenvalue weighted by Gasteiger charge is 2.40. The van der Waals surface area contributed by atoms with Gasteiger partial charge in [0.15, 0.2) is 0 Å². The molecule has 1 saturated carbocycles. The van der Waals surface area contributed by atoms with Crippen LogP contribution in [0.3, 0.4) is 0 Å². The fraction of sp³-hybridized carbons (Fsp3) is 0.769. The molecule has 3 N–H and O–H groups in total. The van der Waals surface area contributed by atoms with Crippen molar-refractivity contribution in [3.8, 4) is 0 Å². The van der Waals surface area contributed by atoms with Crippen LogP contribution in [0.15, 0.2) is 0 Å². The van der Waals surface area contributed by atoms with Crippen LogP contribution in [0.5, 0.6) is 0 Å². The number of hydrogen-bond acceptors (Lipinski definition) is 3. The second-order valence-electron chi connectivity index (χ2n) is 5.55. The van der Waals surface area contributed by atoms with Gasteiger partial charge in [-0.15, -0.1) is 0 Å². The Morgan fingerprint density at radius 1 is 1.10 bits per heavy atom. The minimum Gasteiger partial charge on any atom is -0.481 e. The van der Waals surface area contributed by atoms with Crippen LogP contribution in [0.25, 0.3) is 0 Å². The summed E-state index contributed by atoms with van der Waals surface area (Å²) in [7, 11) is 3.26. The predicted molar refractivity (Wildman–Crippen MR) is 73.1 cm³/mol. The van der Waals surface area contributed by atoms with Crippen molar-refractivity contribution in [3.63, 3.8) is 0 Å². The van der Waals surface area contributed by atoms with E-state index in [9.17, 15) is 14.4 Å². The Morgan fingerprint density at radius 3 is 2.20 bits per heavy atom. The molecule has 0 spiro atoms. The average Bonchev–Trinajstić information content (AvgIpc) is 2.76. The van der Waals surface area contributed by atoms with Gasteiger partial charge in [0.1, 0.15) is 0 Å². The first-order chi connectivity index (χ1) is 9.32.